The summed E-state index contributed by atoms with van der Waals surface area (Å²) in [5, 5.41) is 6.13. The van der Waals surface area contributed by atoms with Crippen molar-refractivity contribution in [3.05, 3.63) is 29.8 Å². The van der Waals surface area contributed by atoms with Crippen LogP contribution in [0.2, 0.25) is 0 Å². The normalized spacial score (nSPS) is 12.3. The summed E-state index contributed by atoms with van der Waals surface area (Å²) in [6.45, 7) is 8.73. The molecule has 1 rings (SSSR count). The number of carbonyl (C=O) groups excluding carboxylic acids is 1. The Hall–Kier alpha value is -1.51. The quantitative estimate of drug-likeness (QED) is 0.792. The van der Waals surface area contributed by atoms with Crippen molar-refractivity contribution in [3.8, 4) is 0 Å². The van der Waals surface area contributed by atoms with E-state index in [-0.39, 0.29) is 11.9 Å². The molecule has 0 fully saturated rings. The molecule has 1 unspecified atom stereocenters. The molecule has 106 valence electrons. The summed E-state index contributed by atoms with van der Waals surface area (Å²) in [4.78, 5) is 11.7. The SMILES string of the molecule is CCCc1ccc(NCC(=O)NC(C)C(C)C)cc1. The van der Waals surface area contributed by atoms with Gasteiger partial charge in [-0.15, -0.1) is 0 Å². The zero-order valence-corrected chi connectivity index (χ0v) is 12.5. The van der Waals surface area contributed by atoms with E-state index < -0.39 is 0 Å². The Morgan fingerprint density at radius 3 is 2.32 bits per heavy atom. The van der Waals surface area contributed by atoms with Crippen LogP contribution in [0.25, 0.3) is 0 Å². The predicted octanol–water partition coefficient (Wildman–Crippen LogP) is 3.21. The first kappa shape index (κ1) is 15.5. The molecule has 0 aliphatic carbocycles. The van der Waals surface area contributed by atoms with Crippen molar-refractivity contribution >= 4 is 11.6 Å². The van der Waals surface area contributed by atoms with Gasteiger partial charge in [0.05, 0.1) is 6.54 Å². The molecule has 0 saturated carbocycles. The summed E-state index contributed by atoms with van der Waals surface area (Å²) in [7, 11) is 0. The van der Waals surface area contributed by atoms with Crippen molar-refractivity contribution in [2.24, 2.45) is 5.92 Å². The third-order valence-electron chi connectivity index (χ3n) is 3.33. The molecule has 3 nitrogen and oxygen atoms in total. The van der Waals surface area contributed by atoms with Crippen LogP contribution < -0.4 is 10.6 Å². The standard InChI is InChI=1S/C16H26N2O/c1-5-6-14-7-9-15(10-8-14)17-11-16(19)18-13(4)12(2)3/h7-10,12-13,17H,5-6,11H2,1-4H3,(H,18,19). The Bertz CT molecular complexity index is 384. The monoisotopic (exact) mass is 262 g/mol. The number of aryl methyl sites for hydroxylation is 1. The number of nitrogens with one attached hydrogen (secondary N) is 2. The van der Waals surface area contributed by atoms with Crippen LogP contribution in [0.3, 0.4) is 0 Å². The van der Waals surface area contributed by atoms with Crippen LogP contribution >= 0.6 is 0 Å². The number of hydrogen-bond acceptors (Lipinski definition) is 2. The molecule has 0 bridgehead atoms. The summed E-state index contributed by atoms with van der Waals surface area (Å²) in [5.74, 6) is 0.496. The van der Waals surface area contributed by atoms with Crippen molar-refractivity contribution in [1.82, 2.24) is 5.32 Å². The van der Waals surface area contributed by atoms with E-state index >= 15 is 0 Å². The highest BCUT2D eigenvalue weighted by molar-refractivity contribution is 5.80. The van der Waals surface area contributed by atoms with Crippen molar-refractivity contribution in [2.45, 2.75) is 46.6 Å². The number of anilines is 1. The van der Waals surface area contributed by atoms with E-state index in [0.29, 0.717) is 12.5 Å². The van der Waals surface area contributed by atoms with E-state index in [4.69, 9.17) is 0 Å². The number of carbonyl (C=O) groups is 1. The first-order valence-corrected chi connectivity index (χ1v) is 7.15. The fraction of sp³-hybridized carbons (Fsp3) is 0.562. The lowest BCUT2D eigenvalue weighted by Crippen LogP contribution is -2.39. The van der Waals surface area contributed by atoms with Gasteiger partial charge in [0.2, 0.25) is 5.91 Å². The lowest BCUT2D eigenvalue weighted by atomic mass is 10.1. The highest BCUT2D eigenvalue weighted by Gasteiger charge is 2.10. The maximum absolute atomic E-state index is 11.7. The molecule has 1 atom stereocenters. The lowest BCUT2D eigenvalue weighted by molar-refractivity contribution is -0.120. The van der Waals surface area contributed by atoms with Gasteiger partial charge in [-0.25, -0.2) is 0 Å². The third-order valence-corrected chi connectivity index (χ3v) is 3.33. The summed E-state index contributed by atoms with van der Waals surface area (Å²) in [6, 6.07) is 8.50. The first-order chi connectivity index (χ1) is 9.02. The van der Waals surface area contributed by atoms with Crippen molar-refractivity contribution < 1.29 is 4.79 Å². The summed E-state index contributed by atoms with van der Waals surface area (Å²) in [6.07, 6.45) is 2.26. The Morgan fingerprint density at radius 1 is 1.16 bits per heavy atom. The maximum Gasteiger partial charge on any atom is 0.239 e. The van der Waals surface area contributed by atoms with Gasteiger partial charge in [-0.3, -0.25) is 4.79 Å². The van der Waals surface area contributed by atoms with Crippen LogP contribution in [0.15, 0.2) is 24.3 Å². The minimum absolute atomic E-state index is 0.0406. The Balaban J connectivity index is 2.37. The zero-order chi connectivity index (χ0) is 14.3. The molecule has 1 aromatic carbocycles. The van der Waals surface area contributed by atoms with Gasteiger partial charge in [0.1, 0.15) is 0 Å². The third kappa shape index (κ3) is 5.77. The predicted molar refractivity (Wildman–Crippen MR) is 81.4 cm³/mol. The van der Waals surface area contributed by atoms with E-state index in [9.17, 15) is 4.79 Å². The van der Waals surface area contributed by atoms with Gasteiger partial charge < -0.3 is 10.6 Å². The Labute approximate surface area is 116 Å². The molecule has 2 N–H and O–H groups in total. The minimum Gasteiger partial charge on any atom is -0.376 e. The Morgan fingerprint density at radius 2 is 1.79 bits per heavy atom. The second-order valence-electron chi connectivity index (χ2n) is 5.40. The topological polar surface area (TPSA) is 41.1 Å². The van der Waals surface area contributed by atoms with E-state index in [2.05, 4.69) is 43.5 Å². The molecule has 0 spiro atoms. The molecule has 3 heteroatoms. The lowest BCUT2D eigenvalue weighted by Gasteiger charge is -2.17. The van der Waals surface area contributed by atoms with Crippen molar-refractivity contribution in [3.63, 3.8) is 0 Å². The Kier molecular flexibility index (Phi) is 6.40. The van der Waals surface area contributed by atoms with Gasteiger partial charge in [-0.1, -0.05) is 39.3 Å². The molecule has 19 heavy (non-hydrogen) atoms. The van der Waals surface area contributed by atoms with Gasteiger partial charge in [0.15, 0.2) is 0 Å². The van der Waals surface area contributed by atoms with E-state index in [1.54, 1.807) is 0 Å². The van der Waals surface area contributed by atoms with Gasteiger partial charge in [-0.05, 0) is 37.0 Å². The second kappa shape index (κ2) is 7.82. The minimum atomic E-state index is 0.0406. The van der Waals surface area contributed by atoms with Gasteiger partial charge in [0, 0.05) is 11.7 Å². The van der Waals surface area contributed by atoms with E-state index in [1.807, 2.05) is 19.1 Å². The van der Waals surface area contributed by atoms with Crippen LogP contribution in [0.5, 0.6) is 0 Å². The largest absolute Gasteiger partial charge is 0.376 e. The van der Waals surface area contributed by atoms with Gasteiger partial charge in [0.25, 0.3) is 0 Å². The fourth-order valence-corrected chi connectivity index (χ4v) is 1.73. The highest BCUT2D eigenvalue weighted by Crippen LogP contribution is 2.10. The average molecular weight is 262 g/mol. The molecule has 0 radical (unpaired) electrons. The van der Waals surface area contributed by atoms with Crippen LogP contribution in [0.4, 0.5) is 5.69 Å². The zero-order valence-electron chi connectivity index (χ0n) is 12.5. The van der Waals surface area contributed by atoms with E-state index in [0.717, 1.165) is 18.5 Å². The molecule has 1 amide bonds. The maximum atomic E-state index is 11.7. The van der Waals surface area contributed by atoms with Crippen LogP contribution in [-0.4, -0.2) is 18.5 Å². The van der Waals surface area contributed by atoms with Crippen LogP contribution in [-0.2, 0) is 11.2 Å². The van der Waals surface area contributed by atoms with Gasteiger partial charge in [-0.2, -0.15) is 0 Å². The molecule has 0 aromatic heterocycles. The van der Waals surface area contributed by atoms with Crippen LogP contribution in [0.1, 0.15) is 39.7 Å². The average Bonchev–Trinajstić information content (AvgIpc) is 2.38. The molecule has 0 saturated heterocycles. The smallest absolute Gasteiger partial charge is 0.239 e. The highest BCUT2D eigenvalue weighted by atomic mass is 16.1. The number of amides is 1. The molecule has 0 aliphatic rings. The number of rotatable bonds is 7. The molecule has 0 heterocycles. The fourth-order valence-electron chi connectivity index (χ4n) is 1.73. The van der Waals surface area contributed by atoms with Gasteiger partial charge >= 0.3 is 0 Å². The summed E-state index contributed by atoms with van der Waals surface area (Å²) in [5.41, 5.74) is 2.33. The molecular weight excluding hydrogens is 236 g/mol. The van der Waals surface area contributed by atoms with Crippen molar-refractivity contribution in [1.29, 1.82) is 0 Å². The first-order valence-electron chi connectivity index (χ1n) is 7.15. The van der Waals surface area contributed by atoms with Crippen molar-refractivity contribution in [2.75, 3.05) is 11.9 Å². The van der Waals surface area contributed by atoms with Crippen LogP contribution in [0, 0.1) is 5.92 Å². The summed E-state index contributed by atoms with van der Waals surface area (Å²) >= 11 is 0. The second-order valence-corrected chi connectivity index (χ2v) is 5.40. The molecule has 0 aliphatic heterocycles. The van der Waals surface area contributed by atoms with E-state index in [1.165, 1.54) is 5.56 Å². The number of benzene rings is 1. The molecular formula is C16H26N2O. The molecule has 1 aromatic rings. The number of hydrogen-bond donors (Lipinski definition) is 2. The summed E-state index contributed by atoms with van der Waals surface area (Å²) < 4.78 is 0.